The standard InChI is InChI=1S/C17H22N2O4/c20-15(9-4-12-2-1-3-12)19-14-7-5-13(6-8-14)17(23)18-11-10-16(21)22/h5-8,12H,1-4,9-11H2,(H,18,23)(H,19,20)(H,21,22). The highest BCUT2D eigenvalue weighted by Crippen LogP contribution is 2.30. The maximum Gasteiger partial charge on any atom is 0.305 e. The molecule has 0 radical (unpaired) electrons. The summed E-state index contributed by atoms with van der Waals surface area (Å²) < 4.78 is 0. The third kappa shape index (κ3) is 5.73. The van der Waals surface area contributed by atoms with E-state index in [1.54, 1.807) is 24.3 Å². The lowest BCUT2D eigenvalue weighted by Crippen LogP contribution is -2.25. The van der Waals surface area contributed by atoms with Gasteiger partial charge in [0.1, 0.15) is 0 Å². The van der Waals surface area contributed by atoms with E-state index in [-0.39, 0.29) is 24.8 Å². The highest BCUT2D eigenvalue weighted by Gasteiger charge is 2.18. The van der Waals surface area contributed by atoms with E-state index in [9.17, 15) is 14.4 Å². The Morgan fingerprint density at radius 1 is 1.09 bits per heavy atom. The molecule has 6 heteroatoms. The summed E-state index contributed by atoms with van der Waals surface area (Å²) in [5, 5.41) is 13.9. The Bertz CT molecular complexity index is 564. The molecule has 0 aromatic heterocycles. The molecule has 1 aromatic rings. The van der Waals surface area contributed by atoms with Crippen LogP contribution < -0.4 is 10.6 Å². The number of amides is 2. The molecule has 1 saturated carbocycles. The number of carbonyl (C=O) groups excluding carboxylic acids is 2. The quantitative estimate of drug-likeness (QED) is 0.686. The molecule has 0 heterocycles. The Labute approximate surface area is 135 Å². The van der Waals surface area contributed by atoms with Crippen LogP contribution in [0.15, 0.2) is 24.3 Å². The molecule has 0 unspecified atom stereocenters. The average molecular weight is 318 g/mol. The summed E-state index contributed by atoms with van der Waals surface area (Å²) in [7, 11) is 0. The van der Waals surface area contributed by atoms with Crippen molar-refractivity contribution < 1.29 is 19.5 Å². The van der Waals surface area contributed by atoms with Crippen molar-refractivity contribution in [3.8, 4) is 0 Å². The number of hydrogen-bond donors (Lipinski definition) is 3. The molecular weight excluding hydrogens is 296 g/mol. The smallest absolute Gasteiger partial charge is 0.305 e. The van der Waals surface area contributed by atoms with Crippen molar-refractivity contribution in [1.82, 2.24) is 5.32 Å². The normalized spacial score (nSPS) is 13.9. The van der Waals surface area contributed by atoms with Crippen molar-refractivity contribution in [2.75, 3.05) is 11.9 Å². The number of hydrogen-bond acceptors (Lipinski definition) is 3. The second kappa shape index (κ2) is 8.31. The van der Waals surface area contributed by atoms with E-state index in [1.807, 2.05) is 0 Å². The Balaban J connectivity index is 1.75. The van der Waals surface area contributed by atoms with Gasteiger partial charge in [0.05, 0.1) is 6.42 Å². The van der Waals surface area contributed by atoms with Gasteiger partial charge in [0.15, 0.2) is 0 Å². The maximum absolute atomic E-state index is 11.8. The lowest BCUT2D eigenvalue weighted by atomic mass is 9.82. The topological polar surface area (TPSA) is 95.5 Å². The van der Waals surface area contributed by atoms with Gasteiger partial charge in [0.2, 0.25) is 5.91 Å². The van der Waals surface area contributed by atoms with E-state index in [1.165, 1.54) is 19.3 Å². The zero-order chi connectivity index (χ0) is 16.7. The minimum Gasteiger partial charge on any atom is -0.481 e. The van der Waals surface area contributed by atoms with Crippen LogP contribution in [-0.4, -0.2) is 29.4 Å². The van der Waals surface area contributed by atoms with Crippen LogP contribution in [0.4, 0.5) is 5.69 Å². The minimum absolute atomic E-state index is 0.00411. The number of benzene rings is 1. The van der Waals surface area contributed by atoms with E-state index in [0.717, 1.165) is 6.42 Å². The number of nitrogens with one attached hydrogen (secondary N) is 2. The molecule has 1 aromatic carbocycles. The maximum atomic E-state index is 11.8. The molecule has 0 saturated heterocycles. The SMILES string of the molecule is O=C(O)CCNC(=O)c1ccc(NC(=O)CCC2CCC2)cc1. The van der Waals surface area contributed by atoms with Gasteiger partial charge in [0, 0.05) is 24.2 Å². The largest absolute Gasteiger partial charge is 0.481 e. The van der Waals surface area contributed by atoms with Crippen LogP contribution in [0.25, 0.3) is 0 Å². The van der Waals surface area contributed by atoms with Crippen LogP contribution in [0.5, 0.6) is 0 Å². The molecule has 1 aliphatic carbocycles. The average Bonchev–Trinajstić information content (AvgIpc) is 2.46. The molecular formula is C17H22N2O4. The van der Waals surface area contributed by atoms with E-state index >= 15 is 0 Å². The summed E-state index contributed by atoms with van der Waals surface area (Å²) in [5.74, 6) is -0.576. The minimum atomic E-state index is -0.953. The number of anilines is 1. The second-order valence-corrected chi connectivity index (χ2v) is 5.86. The number of rotatable bonds is 8. The zero-order valence-corrected chi connectivity index (χ0v) is 13.0. The summed E-state index contributed by atoms with van der Waals surface area (Å²) in [5.41, 5.74) is 1.09. The van der Waals surface area contributed by atoms with Gasteiger partial charge in [-0.25, -0.2) is 0 Å². The van der Waals surface area contributed by atoms with Gasteiger partial charge in [-0.05, 0) is 36.6 Å². The molecule has 23 heavy (non-hydrogen) atoms. The number of carboxylic acid groups (broad SMARTS) is 1. The van der Waals surface area contributed by atoms with Gasteiger partial charge in [0.25, 0.3) is 5.91 Å². The van der Waals surface area contributed by atoms with Crippen LogP contribution >= 0.6 is 0 Å². The van der Waals surface area contributed by atoms with Crippen molar-refractivity contribution in [2.24, 2.45) is 5.92 Å². The van der Waals surface area contributed by atoms with Crippen LogP contribution in [-0.2, 0) is 9.59 Å². The monoisotopic (exact) mass is 318 g/mol. The van der Waals surface area contributed by atoms with Gasteiger partial charge in [-0.15, -0.1) is 0 Å². The predicted octanol–water partition coefficient (Wildman–Crippen LogP) is 2.41. The summed E-state index contributed by atoms with van der Waals surface area (Å²) in [6, 6.07) is 6.57. The summed E-state index contributed by atoms with van der Waals surface area (Å²) in [4.78, 5) is 34.0. The van der Waals surface area contributed by atoms with Gasteiger partial charge in [-0.3, -0.25) is 14.4 Å². The molecule has 124 valence electrons. The molecule has 0 bridgehead atoms. The van der Waals surface area contributed by atoms with Crippen molar-refractivity contribution in [3.05, 3.63) is 29.8 Å². The summed E-state index contributed by atoms with van der Waals surface area (Å²) >= 11 is 0. The highest BCUT2D eigenvalue weighted by atomic mass is 16.4. The zero-order valence-electron chi connectivity index (χ0n) is 13.0. The first-order valence-corrected chi connectivity index (χ1v) is 7.94. The van der Waals surface area contributed by atoms with Gasteiger partial charge < -0.3 is 15.7 Å². The first-order chi connectivity index (χ1) is 11.0. The lowest BCUT2D eigenvalue weighted by Gasteiger charge is -2.24. The predicted molar refractivity (Wildman–Crippen MR) is 86.2 cm³/mol. The Hall–Kier alpha value is -2.37. The Kier molecular flexibility index (Phi) is 6.14. The van der Waals surface area contributed by atoms with Crippen molar-refractivity contribution >= 4 is 23.5 Å². The fourth-order valence-corrected chi connectivity index (χ4v) is 2.43. The van der Waals surface area contributed by atoms with Gasteiger partial charge >= 0.3 is 5.97 Å². The summed E-state index contributed by atoms with van der Waals surface area (Å²) in [6.45, 7) is 0.0911. The third-order valence-electron chi connectivity index (χ3n) is 4.06. The third-order valence-corrected chi connectivity index (χ3v) is 4.06. The fraction of sp³-hybridized carbons (Fsp3) is 0.471. The van der Waals surface area contributed by atoms with Crippen LogP contribution in [0.1, 0.15) is 48.9 Å². The van der Waals surface area contributed by atoms with Gasteiger partial charge in [-0.1, -0.05) is 19.3 Å². The molecule has 2 rings (SSSR count). The van der Waals surface area contributed by atoms with Crippen LogP contribution in [0.3, 0.4) is 0 Å². The Morgan fingerprint density at radius 2 is 1.78 bits per heavy atom. The van der Waals surface area contributed by atoms with Crippen molar-refractivity contribution in [1.29, 1.82) is 0 Å². The highest BCUT2D eigenvalue weighted by molar-refractivity contribution is 5.95. The van der Waals surface area contributed by atoms with Gasteiger partial charge in [-0.2, -0.15) is 0 Å². The van der Waals surface area contributed by atoms with E-state index < -0.39 is 5.97 Å². The van der Waals surface area contributed by atoms with Crippen LogP contribution in [0.2, 0.25) is 0 Å². The Morgan fingerprint density at radius 3 is 2.35 bits per heavy atom. The molecule has 1 fully saturated rings. The van der Waals surface area contributed by atoms with Crippen molar-refractivity contribution in [2.45, 2.75) is 38.5 Å². The summed E-state index contributed by atoms with van der Waals surface area (Å²) in [6.07, 6.45) is 5.11. The van der Waals surface area contributed by atoms with Crippen LogP contribution in [0, 0.1) is 5.92 Å². The molecule has 2 amide bonds. The fourth-order valence-electron chi connectivity index (χ4n) is 2.43. The number of carbonyl (C=O) groups is 3. The lowest BCUT2D eigenvalue weighted by molar-refractivity contribution is -0.136. The molecule has 0 spiro atoms. The molecule has 3 N–H and O–H groups in total. The van der Waals surface area contributed by atoms with E-state index in [4.69, 9.17) is 5.11 Å². The first kappa shape index (κ1) is 17.0. The number of aliphatic carboxylic acids is 1. The van der Waals surface area contributed by atoms with Crippen molar-refractivity contribution in [3.63, 3.8) is 0 Å². The van der Waals surface area contributed by atoms with E-state index in [0.29, 0.717) is 23.6 Å². The second-order valence-electron chi connectivity index (χ2n) is 5.86. The molecule has 0 aliphatic heterocycles. The van der Waals surface area contributed by atoms with E-state index in [2.05, 4.69) is 10.6 Å². The molecule has 1 aliphatic rings. The molecule has 0 atom stereocenters. The first-order valence-electron chi connectivity index (χ1n) is 7.94. The molecule has 6 nitrogen and oxygen atoms in total. The number of carboxylic acids is 1.